The number of carbonyl (C=O) groups excluding carboxylic acids is 2. The summed E-state index contributed by atoms with van der Waals surface area (Å²) in [5.74, 6) is 0.356. The van der Waals surface area contributed by atoms with Gasteiger partial charge in [0.15, 0.2) is 0 Å². The molecule has 1 aromatic rings. The van der Waals surface area contributed by atoms with Gasteiger partial charge < -0.3 is 15.1 Å². The maximum atomic E-state index is 12.3. The van der Waals surface area contributed by atoms with Gasteiger partial charge in [-0.15, -0.1) is 0 Å². The lowest BCUT2D eigenvalue weighted by Crippen LogP contribution is -2.39. The molecule has 0 radical (unpaired) electrons. The summed E-state index contributed by atoms with van der Waals surface area (Å²) < 4.78 is 0. The Morgan fingerprint density at radius 2 is 1.77 bits per heavy atom. The Morgan fingerprint density at radius 3 is 2.36 bits per heavy atom. The lowest BCUT2D eigenvalue weighted by Gasteiger charge is -2.22. The highest BCUT2D eigenvalue weighted by molar-refractivity contribution is 5.95. The van der Waals surface area contributed by atoms with Crippen molar-refractivity contribution in [3.05, 3.63) is 24.3 Å². The molecule has 0 bridgehead atoms. The molecular weight excluding hydrogens is 278 g/mol. The largest absolute Gasteiger partial charge is 0.374 e. The molecule has 3 rings (SSSR count). The summed E-state index contributed by atoms with van der Waals surface area (Å²) in [5.41, 5.74) is 1.85. The van der Waals surface area contributed by atoms with E-state index in [1.807, 2.05) is 41.0 Å². The van der Waals surface area contributed by atoms with Gasteiger partial charge in [0, 0.05) is 37.4 Å². The van der Waals surface area contributed by atoms with E-state index in [4.69, 9.17) is 0 Å². The second kappa shape index (κ2) is 6.38. The minimum Gasteiger partial charge on any atom is -0.374 e. The molecule has 2 amide bonds. The lowest BCUT2D eigenvalue weighted by atomic mass is 10.2. The molecule has 22 heavy (non-hydrogen) atoms. The Balaban J connectivity index is 1.60. The van der Waals surface area contributed by atoms with Crippen molar-refractivity contribution in [1.82, 2.24) is 4.90 Å². The van der Waals surface area contributed by atoms with Crippen LogP contribution in [0.2, 0.25) is 0 Å². The van der Waals surface area contributed by atoms with E-state index in [1.165, 1.54) is 0 Å². The Bertz CT molecular complexity index is 550. The number of hydrogen-bond acceptors (Lipinski definition) is 3. The van der Waals surface area contributed by atoms with Crippen molar-refractivity contribution < 1.29 is 9.59 Å². The second-order valence-electron chi connectivity index (χ2n) is 6.09. The number of nitrogens with one attached hydrogen (secondary N) is 1. The fourth-order valence-electron chi connectivity index (χ4n) is 3.18. The number of benzene rings is 1. The van der Waals surface area contributed by atoms with Crippen LogP contribution in [0.1, 0.15) is 32.6 Å². The molecule has 1 atom stereocenters. The molecule has 0 aliphatic carbocycles. The van der Waals surface area contributed by atoms with E-state index in [0.717, 1.165) is 50.3 Å². The summed E-state index contributed by atoms with van der Waals surface area (Å²) in [4.78, 5) is 27.8. The predicted octanol–water partition coefficient (Wildman–Crippen LogP) is 2.24. The topological polar surface area (TPSA) is 52.7 Å². The van der Waals surface area contributed by atoms with E-state index >= 15 is 0 Å². The quantitative estimate of drug-likeness (QED) is 0.928. The molecule has 2 saturated heterocycles. The van der Waals surface area contributed by atoms with Crippen molar-refractivity contribution in [2.45, 2.75) is 38.6 Å². The van der Waals surface area contributed by atoms with Crippen molar-refractivity contribution in [2.75, 3.05) is 29.9 Å². The zero-order valence-electron chi connectivity index (χ0n) is 13.0. The number of rotatable bonds is 4. The van der Waals surface area contributed by atoms with Gasteiger partial charge in [-0.3, -0.25) is 9.59 Å². The van der Waals surface area contributed by atoms with Crippen molar-refractivity contribution >= 4 is 23.2 Å². The molecular formula is C17H23N3O2. The van der Waals surface area contributed by atoms with E-state index in [9.17, 15) is 9.59 Å². The minimum atomic E-state index is -0.225. The molecule has 0 spiro atoms. The highest BCUT2D eigenvalue weighted by Crippen LogP contribution is 2.23. The first-order valence-corrected chi connectivity index (χ1v) is 8.11. The van der Waals surface area contributed by atoms with Gasteiger partial charge in [0.2, 0.25) is 11.8 Å². The van der Waals surface area contributed by atoms with Crippen LogP contribution in [0.3, 0.4) is 0 Å². The van der Waals surface area contributed by atoms with E-state index in [2.05, 4.69) is 5.32 Å². The average molecular weight is 301 g/mol. The molecule has 0 aromatic heterocycles. The monoisotopic (exact) mass is 301 g/mol. The smallest absolute Gasteiger partial charge is 0.244 e. The van der Waals surface area contributed by atoms with Gasteiger partial charge in [-0.25, -0.2) is 0 Å². The summed E-state index contributed by atoms with van der Waals surface area (Å²) in [5, 5.41) is 3.25. The van der Waals surface area contributed by atoms with Gasteiger partial charge in [0.1, 0.15) is 6.04 Å². The molecule has 0 saturated carbocycles. The molecule has 2 aliphatic rings. The van der Waals surface area contributed by atoms with Crippen LogP contribution in [-0.2, 0) is 9.59 Å². The van der Waals surface area contributed by atoms with Gasteiger partial charge >= 0.3 is 0 Å². The van der Waals surface area contributed by atoms with Gasteiger partial charge in [-0.2, -0.15) is 0 Å². The molecule has 1 aromatic carbocycles. The normalized spacial score (nSPS) is 19.6. The maximum absolute atomic E-state index is 12.3. The summed E-state index contributed by atoms with van der Waals surface area (Å²) in [6.07, 6.45) is 3.79. The molecule has 2 fully saturated rings. The molecule has 2 aliphatic heterocycles. The zero-order chi connectivity index (χ0) is 15.5. The van der Waals surface area contributed by atoms with Crippen LogP contribution in [0, 0.1) is 0 Å². The predicted molar refractivity (Wildman–Crippen MR) is 86.9 cm³/mol. The van der Waals surface area contributed by atoms with Gasteiger partial charge in [-0.05, 0) is 50.5 Å². The molecule has 5 nitrogen and oxygen atoms in total. The number of nitrogens with zero attached hydrogens (tertiary/aromatic N) is 2. The van der Waals surface area contributed by atoms with Crippen LogP contribution in [0.4, 0.5) is 11.4 Å². The highest BCUT2D eigenvalue weighted by atomic mass is 16.2. The minimum absolute atomic E-state index is 0.163. The first-order valence-electron chi connectivity index (χ1n) is 8.11. The van der Waals surface area contributed by atoms with Gasteiger partial charge in [0.05, 0.1) is 0 Å². The summed E-state index contributed by atoms with van der Waals surface area (Å²) in [7, 11) is 0. The third-order valence-electron chi connectivity index (χ3n) is 4.42. The van der Waals surface area contributed by atoms with E-state index in [0.29, 0.717) is 6.42 Å². The van der Waals surface area contributed by atoms with Crippen LogP contribution in [-0.4, -0.2) is 42.4 Å². The first-order chi connectivity index (χ1) is 10.6. The third-order valence-corrected chi connectivity index (χ3v) is 4.42. The van der Waals surface area contributed by atoms with Crippen molar-refractivity contribution in [3.63, 3.8) is 0 Å². The first kappa shape index (κ1) is 14.9. The standard InChI is InChI=1S/C17H23N3O2/c1-13(17(22)19-10-2-3-11-19)18-14-6-8-15(9-7-14)20-12-4-5-16(20)21/h6-9,13,18H,2-5,10-12H2,1H3/t13-/m1/s1. The van der Waals surface area contributed by atoms with Crippen LogP contribution in [0.15, 0.2) is 24.3 Å². The van der Waals surface area contributed by atoms with E-state index < -0.39 is 0 Å². The SMILES string of the molecule is C[C@@H](Nc1ccc(N2CCCC2=O)cc1)C(=O)N1CCCC1. The Hall–Kier alpha value is -2.04. The lowest BCUT2D eigenvalue weighted by molar-refractivity contribution is -0.130. The van der Waals surface area contributed by atoms with Gasteiger partial charge in [-0.1, -0.05) is 0 Å². The van der Waals surface area contributed by atoms with Gasteiger partial charge in [0.25, 0.3) is 0 Å². The Morgan fingerprint density at radius 1 is 1.09 bits per heavy atom. The third kappa shape index (κ3) is 3.08. The van der Waals surface area contributed by atoms with Crippen LogP contribution < -0.4 is 10.2 Å². The summed E-state index contributed by atoms with van der Waals surface area (Å²) in [6.45, 7) is 4.45. The molecule has 0 unspecified atom stereocenters. The number of amides is 2. The fraction of sp³-hybridized carbons (Fsp3) is 0.529. The summed E-state index contributed by atoms with van der Waals surface area (Å²) in [6, 6.07) is 7.54. The zero-order valence-corrected chi connectivity index (χ0v) is 13.0. The molecule has 5 heteroatoms. The number of hydrogen-bond donors (Lipinski definition) is 1. The fourth-order valence-corrected chi connectivity index (χ4v) is 3.18. The number of carbonyl (C=O) groups is 2. The average Bonchev–Trinajstić information content (AvgIpc) is 3.19. The number of likely N-dealkylation sites (tertiary alicyclic amines) is 1. The van der Waals surface area contributed by atoms with E-state index in [-0.39, 0.29) is 17.9 Å². The van der Waals surface area contributed by atoms with E-state index in [1.54, 1.807) is 0 Å². The molecule has 2 heterocycles. The van der Waals surface area contributed by atoms with Crippen molar-refractivity contribution in [2.24, 2.45) is 0 Å². The number of anilines is 2. The van der Waals surface area contributed by atoms with Crippen LogP contribution >= 0.6 is 0 Å². The van der Waals surface area contributed by atoms with Crippen molar-refractivity contribution in [3.8, 4) is 0 Å². The Kier molecular flexibility index (Phi) is 4.32. The molecule has 118 valence electrons. The second-order valence-corrected chi connectivity index (χ2v) is 6.09. The highest BCUT2D eigenvalue weighted by Gasteiger charge is 2.24. The van der Waals surface area contributed by atoms with Crippen LogP contribution in [0.25, 0.3) is 0 Å². The Labute approximate surface area is 131 Å². The van der Waals surface area contributed by atoms with Crippen LogP contribution in [0.5, 0.6) is 0 Å². The molecule has 1 N–H and O–H groups in total. The summed E-state index contributed by atoms with van der Waals surface area (Å²) >= 11 is 0. The maximum Gasteiger partial charge on any atom is 0.244 e. The van der Waals surface area contributed by atoms with Crippen molar-refractivity contribution in [1.29, 1.82) is 0 Å².